The molecule has 0 radical (unpaired) electrons. The monoisotopic (exact) mass is 288 g/mol. The zero-order valence-corrected chi connectivity index (χ0v) is 11.7. The van der Waals surface area contributed by atoms with E-state index in [-0.39, 0.29) is 0 Å². The van der Waals surface area contributed by atoms with Crippen LogP contribution in [0.25, 0.3) is 34.3 Å². The predicted molar refractivity (Wildman–Crippen MR) is 85.6 cm³/mol. The molecule has 22 heavy (non-hydrogen) atoms. The number of benzene rings is 2. The molecule has 2 aromatic carbocycles. The van der Waals surface area contributed by atoms with Crippen LogP contribution in [0.3, 0.4) is 0 Å². The third-order valence-electron chi connectivity index (χ3n) is 3.68. The summed E-state index contributed by atoms with van der Waals surface area (Å²) in [5, 5.41) is 1.99. The maximum Gasteiger partial charge on any atom is 0.135 e. The van der Waals surface area contributed by atoms with Crippen LogP contribution in [0.4, 0.5) is 0 Å². The zero-order chi connectivity index (χ0) is 14.9. The molecule has 1 aliphatic carbocycles. The number of carbonyl (C=O) groups excluding carboxylic acids is 1. The van der Waals surface area contributed by atoms with Gasteiger partial charge in [0.05, 0.1) is 0 Å². The van der Waals surface area contributed by atoms with Crippen molar-refractivity contribution in [3.8, 4) is 0 Å². The Morgan fingerprint density at radius 3 is 2.05 bits per heavy atom. The fourth-order valence-corrected chi connectivity index (χ4v) is 2.56. The van der Waals surface area contributed by atoms with E-state index in [1.54, 1.807) is 6.08 Å². The normalized spacial score (nSPS) is 13.0. The SMILES string of the molecule is O=C=C1C=c2oc3ccc(cc3)oc3ccc(cc3)c2=CC1. The molecule has 0 saturated heterocycles. The molecule has 0 aliphatic heterocycles. The van der Waals surface area contributed by atoms with Gasteiger partial charge in [0.1, 0.15) is 28.1 Å². The van der Waals surface area contributed by atoms with Gasteiger partial charge in [-0.2, -0.15) is 0 Å². The Labute approximate surface area is 125 Å². The second-order valence-corrected chi connectivity index (χ2v) is 5.16. The van der Waals surface area contributed by atoms with E-state index in [9.17, 15) is 4.79 Å². The lowest BCUT2D eigenvalue weighted by atomic mass is 10.1. The largest absolute Gasteiger partial charge is 0.457 e. The van der Waals surface area contributed by atoms with Gasteiger partial charge in [-0.05, 0) is 47.9 Å². The van der Waals surface area contributed by atoms with Crippen LogP contribution >= 0.6 is 0 Å². The summed E-state index contributed by atoms with van der Waals surface area (Å²) in [5.41, 5.74) is 3.48. The van der Waals surface area contributed by atoms with Crippen LogP contribution in [0, 0.1) is 0 Å². The van der Waals surface area contributed by atoms with Gasteiger partial charge in [-0.3, -0.25) is 0 Å². The minimum atomic E-state index is 0.558. The highest BCUT2D eigenvalue weighted by molar-refractivity contribution is 5.74. The van der Waals surface area contributed by atoms with E-state index < -0.39 is 0 Å². The highest BCUT2D eigenvalue weighted by Gasteiger charge is 2.02. The predicted octanol–water partition coefficient (Wildman–Crippen LogP) is 3.03. The van der Waals surface area contributed by atoms with Crippen molar-refractivity contribution in [3.63, 3.8) is 0 Å². The van der Waals surface area contributed by atoms with Gasteiger partial charge < -0.3 is 8.83 Å². The Hall–Kier alpha value is -3.03. The van der Waals surface area contributed by atoms with Crippen LogP contribution in [0.1, 0.15) is 6.42 Å². The minimum Gasteiger partial charge on any atom is -0.457 e. The maximum atomic E-state index is 10.9. The van der Waals surface area contributed by atoms with Crippen LogP contribution in [0.15, 0.2) is 62.9 Å². The van der Waals surface area contributed by atoms with Crippen molar-refractivity contribution in [2.45, 2.75) is 6.42 Å². The topological polar surface area (TPSA) is 43.4 Å². The molecule has 0 amide bonds. The van der Waals surface area contributed by atoms with E-state index in [0.29, 0.717) is 23.0 Å². The summed E-state index contributed by atoms with van der Waals surface area (Å²) in [7, 11) is 0. The highest BCUT2D eigenvalue weighted by atomic mass is 16.3. The molecule has 6 aromatic rings. The van der Waals surface area contributed by atoms with E-state index in [1.165, 1.54) is 0 Å². The molecule has 0 unspecified atom stereocenters. The molecule has 7 rings (SSSR count). The molecule has 0 spiro atoms. The molecule has 3 heteroatoms. The van der Waals surface area contributed by atoms with Crippen LogP contribution in [-0.2, 0) is 4.79 Å². The first-order valence-electron chi connectivity index (χ1n) is 7.04. The van der Waals surface area contributed by atoms with Crippen molar-refractivity contribution in [1.29, 1.82) is 0 Å². The molecular formula is C19H12O3. The Balaban J connectivity index is 2.28. The molecule has 0 atom stereocenters. The van der Waals surface area contributed by atoms with Crippen LogP contribution in [-0.4, -0.2) is 5.94 Å². The molecule has 4 heterocycles. The summed E-state index contributed by atoms with van der Waals surface area (Å²) in [6, 6.07) is 15.2. The van der Waals surface area contributed by atoms with Crippen molar-refractivity contribution in [2.24, 2.45) is 0 Å². The van der Waals surface area contributed by atoms with Crippen LogP contribution in [0.2, 0.25) is 0 Å². The Bertz CT molecular complexity index is 1060. The molecule has 3 nitrogen and oxygen atoms in total. The Kier molecular flexibility index (Phi) is 2.92. The molecule has 0 fully saturated rings. The van der Waals surface area contributed by atoms with Crippen molar-refractivity contribution in [2.75, 3.05) is 0 Å². The average Bonchev–Trinajstić information content (AvgIpc) is 2.56. The summed E-state index contributed by atoms with van der Waals surface area (Å²) in [4.78, 5) is 10.9. The lowest BCUT2D eigenvalue weighted by Gasteiger charge is -2.01. The van der Waals surface area contributed by atoms with Gasteiger partial charge in [-0.25, -0.2) is 4.79 Å². The van der Waals surface area contributed by atoms with Gasteiger partial charge in [0, 0.05) is 17.2 Å². The van der Waals surface area contributed by atoms with Crippen molar-refractivity contribution in [1.82, 2.24) is 0 Å². The van der Waals surface area contributed by atoms with Gasteiger partial charge in [0.2, 0.25) is 0 Å². The second kappa shape index (κ2) is 5.06. The standard InChI is InChI=1S/C19H12O3/c20-12-13-1-10-18-14-2-4-15(5-3-14)21-16-6-8-17(9-7-16)22-19(18)11-13/h2-11H,1H2. The zero-order valence-electron chi connectivity index (χ0n) is 11.7. The summed E-state index contributed by atoms with van der Waals surface area (Å²) < 4.78 is 11.7. The average molecular weight is 288 g/mol. The quantitative estimate of drug-likeness (QED) is 0.597. The van der Waals surface area contributed by atoms with E-state index in [0.717, 1.165) is 21.8 Å². The Morgan fingerprint density at radius 2 is 1.41 bits per heavy atom. The van der Waals surface area contributed by atoms with E-state index in [1.807, 2.05) is 60.5 Å². The Morgan fingerprint density at radius 1 is 0.818 bits per heavy atom. The third-order valence-corrected chi connectivity index (χ3v) is 3.68. The maximum absolute atomic E-state index is 10.9. The van der Waals surface area contributed by atoms with Gasteiger partial charge in [-0.1, -0.05) is 18.2 Å². The number of hydrogen-bond donors (Lipinski definition) is 0. The molecule has 4 bridgehead atoms. The van der Waals surface area contributed by atoms with Crippen molar-refractivity contribution in [3.05, 3.63) is 64.7 Å². The van der Waals surface area contributed by atoms with Crippen molar-refractivity contribution < 1.29 is 13.6 Å². The third kappa shape index (κ3) is 2.24. The lowest BCUT2D eigenvalue weighted by Crippen LogP contribution is -2.26. The summed E-state index contributed by atoms with van der Waals surface area (Å²) >= 11 is 0. The summed E-state index contributed by atoms with van der Waals surface area (Å²) in [6.07, 6.45) is 4.31. The number of allylic oxidation sites excluding steroid dienone is 1. The molecule has 106 valence electrons. The van der Waals surface area contributed by atoms with E-state index in [2.05, 4.69) is 0 Å². The second-order valence-electron chi connectivity index (χ2n) is 5.16. The summed E-state index contributed by atoms with van der Waals surface area (Å²) in [5.74, 6) is 1.96. The molecule has 1 aliphatic rings. The van der Waals surface area contributed by atoms with Gasteiger partial charge in [0.25, 0.3) is 0 Å². The van der Waals surface area contributed by atoms with Crippen LogP contribution < -0.4 is 10.6 Å². The molecular weight excluding hydrogens is 276 g/mol. The summed E-state index contributed by atoms with van der Waals surface area (Å²) in [6.45, 7) is 0. The first-order valence-corrected chi connectivity index (χ1v) is 7.04. The number of rotatable bonds is 0. The first-order chi connectivity index (χ1) is 10.8. The highest BCUT2D eigenvalue weighted by Crippen LogP contribution is 2.11. The lowest BCUT2D eigenvalue weighted by molar-refractivity contribution is 0.557. The first kappa shape index (κ1) is 12.7. The molecule has 4 aromatic heterocycles. The van der Waals surface area contributed by atoms with E-state index >= 15 is 0 Å². The fourth-order valence-electron chi connectivity index (χ4n) is 2.56. The molecule has 0 N–H and O–H groups in total. The van der Waals surface area contributed by atoms with E-state index in [4.69, 9.17) is 8.83 Å². The number of hydrogen-bond acceptors (Lipinski definition) is 3. The molecule has 0 saturated carbocycles. The van der Waals surface area contributed by atoms with Gasteiger partial charge in [-0.15, -0.1) is 0 Å². The van der Waals surface area contributed by atoms with Crippen LogP contribution in [0.5, 0.6) is 0 Å². The smallest absolute Gasteiger partial charge is 0.135 e. The van der Waals surface area contributed by atoms with Gasteiger partial charge >= 0.3 is 0 Å². The minimum absolute atomic E-state index is 0.558. The van der Waals surface area contributed by atoms with Crippen molar-refractivity contribution >= 4 is 40.2 Å². The van der Waals surface area contributed by atoms with Gasteiger partial charge in [0.15, 0.2) is 0 Å². The fraction of sp³-hybridized carbons (Fsp3) is 0.0526.